The molecule has 0 spiro atoms. The van der Waals surface area contributed by atoms with E-state index in [-0.39, 0.29) is 29.8 Å². The van der Waals surface area contributed by atoms with Crippen LogP contribution in [0.4, 0.5) is 4.79 Å². The van der Waals surface area contributed by atoms with Crippen molar-refractivity contribution in [1.82, 2.24) is 15.1 Å². The number of hydrogen-bond acceptors (Lipinski definition) is 4. The van der Waals surface area contributed by atoms with Crippen LogP contribution in [0.1, 0.15) is 13.8 Å². The first kappa shape index (κ1) is 15.0. The van der Waals surface area contributed by atoms with Crippen LogP contribution in [0, 0.1) is 5.92 Å². The molecule has 112 valence electrons. The summed E-state index contributed by atoms with van der Waals surface area (Å²) in [5.41, 5.74) is 0. The van der Waals surface area contributed by atoms with Gasteiger partial charge in [0, 0.05) is 18.8 Å². The Bertz CT molecular complexity index is 429. The number of carbonyl (C=O) groups excluding carboxylic acids is 2. The Balaban J connectivity index is 2.18. The lowest BCUT2D eigenvalue weighted by Crippen LogP contribution is -2.58. The van der Waals surface area contributed by atoms with Crippen LogP contribution in [-0.2, 0) is 9.59 Å². The maximum Gasteiger partial charge on any atom is 0.327 e. The van der Waals surface area contributed by atoms with Crippen molar-refractivity contribution in [2.24, 2.45) is 5.92 Å². The van der Waals surface area contributed by atoms with Gasteiger partial charge in [-0.25, -0.2) is 9.59 Å². The number of carbonyl (C=O) groups is 3. The van der Waals surface area contributed by atoms with Crippen LogP contribution >= 0.6 is 11.8 Å². The molecule has 20 heavy (non-hydrogen) atoms. The van der Waals surface area contributed by atoms with Crippen molar-refractivity contribution in [3.63, 3.8) is 0 Å². The average molecular weight is 301 g/mol. The molecule has 2 atom stereocenters. The van der Waals surface area contributed by atoms with Crippen LogP contribution in [0.3, 0.4) is 0 Å². The molecule has 0 radical (unpaired) electrons. The van der Waals surface area contributed by atoms with Crippen molar-refractivity contribution >= 4 is 29.7 Å². The SMILES string of the molecule is CC(C)C1SCC(C(=O)O)N1C(=O)N1CCNC(=O)C1. The van der Waals surface area contributed by atoms with Crippen LogP contribution in [0.5, 0.6) is 0 Å². The van der Waals surface area contributed by atoms with Gasteiger partial charge in [0.15, 0.2) is 0 Å². The molecule has 3 amide bonds. The Morgan fingerprint density at radius 3 is 2.70 bits per heavy atom. The van der Waals surface area contributed by atoms with Crippen LogP contribution in [-0.4, -0.2) is 69.6 Å². The monoisotopic (exact) mass is 301 g/mol. The maximum absolute atomic E-state index is 12.6. The van der Waals surface area contributed by atoms with E-state index in [1.54, 1.807) is 0 Å². The van der Waals surface area contributed by atoms with Crippen molar-refractivity contribution in [2.75, 3.05) is 25.4 Å². The molecular formula is C12H19N3O4S. The number of nitrogens with one attached hydrogen (secondary N) is 1. The van der Waals surface area contributed by atoms with Gasteiger partial charge in [0.2, 0.25) is 5.91 Å². The lowest BCUT2D eigenvalue weighted by atomic mass is 10.1. The quantitative estimate of drug-likeness (QED) is 0.750. The fourth-order valence-corrected chi connectivity index (χ4v) is 3.90. The van der Waals surface area contributed by atoms with E-state index in [0.717, 1.165) is 0 Å². The van der Waals surface area contributed by atoms with Crippen molar-refractivity contribution in [2.45, 2.75) is 25.3 Å². The molecule has 2 aliphatic heterocycles. The summed E-state index contributed by atoms with van der Waals surface area (Å²) in [5.74, 6) is -0.643. The number of carboxylic acid groups (broad SMARTS) is 1. The van der Waals surface area contributed by atoms with Crippen LogP contribution in [0.2, 0.25) is 0 Å². The first-order chi connectivity index (χ1) is 9.41. The van der Waals surface area contributed by atoms with E-state index in [1.165, 1.54) is 21.6 Å². The molecule has 2 fully saturated rings. The molecule has 2 unspecified atom stereocenters. The molecule has 2 N–H and O–H groups in total. The second-order valence-electron chi connectivity index (χ2n) is 5.28. The molecule has 2 saturated heterocycles. The van der Waals surface area contributed by atoms with E-state index in [1.807, 2.05) is 13.8 Å². The van der Waals surface area contributed by atoms with Gasteiger partial charge in [0.25, 0.3) is 0 Å². The number of thioether (sulfide) groups is 1. The van der Waals surface area contributed by atoms with E-state index in [2.05, 4.69) is 5.32 Å². The summed E-state index contributed by atoms with van der Waals surface area (Å²) in [7, 11) is 0. The highest BCUT2D eigenvalue weighted by Gasteiger charge is 2.44. The van der Waals surface area contributed by atoms with E-state index >= 15 is 0 Å². The van der Waals surface area contributed by atoms with Gasteiger partial charge in [0.05, 0.1) is 5.37 Å². The average Bonchev–Trinajstić information content (AvgIpc) is 2.82. The highest BCUT2D eigenvalue weighted by Crippen LogP contribution is 2.34. The van der Waals surface area contributed by atoms with E-state index < -0.39 is 12.0 Å². The zero-order valence-electron chi connectivity index (χ0n) is 11.5. The fourth-order valence-electron chi connectivity index (χ4n) is 2.44. The Morgan fingerprint density at radius 1 is 1.45 bits per heavy atom. The van der Waals surface area contributed by atoms with Gasteiger partial charge in [-0.3, -0.25) is 9.69 Å². The van der Waals surface area contributed by atoms with E-state index in [9.17, 15) is 19.5 Å². The summed E-state index contributed by atoms with van der Waals surface area (Å²) in [6.07, 6.45) is 0. The Labute approximate surface area is 121 Å². The second-order valence-corrected chi connectivity index (χ2v) is 6.43. The van der Waals surface area contributed by atoms with Crippen molar-refractivity contribution < 1.29 is 19.5 Å². The molecule has 2 heterocycles. The maximum atomic E-state index is 12.6. The minimum atomic E-state index is -0.990. The highest BCUT2D eigenvalue weighted by atomic mass is 32.2. The first-order valence-electron chi connectivity index (χ1n) is 6.60. The zero-order valence-corrected chi connectivity index (χ0v) is 12.4. The highest BCUT2D eigenvalue weighted by molar-refractivity contribution is 8.00. The summed E-state index contributed by atoms with van der Waals surface area (Å²) in [5, 5.41) is 11.8. The molecule has 0 aromatic carbocycles. The number of hydrogen-bond donors (Lipinski definition) is 2. The molecular weight excluding hydrogens is 282 g/mol. The Kier molecular flexibility index (Phi) is 4.42. The van der Waals surface area contributed by atoms with E-state index in [4.69, 9.17) is 0 Å². The van der Waals surface area contributed by atoms with Gasteiger partial charge in [-0.15, -0.1) is 11.8 Å². The van der Waals surface area contributed by atoms with Gasteiger partial charge in [-0.2, -0.15) is 0 Å². The minimum Gasteiger partial charge on any atom is -0.480 e. The topological polar surface area (TPSA) is 89.9 Å². The number of aliphatic carboxylic acids is 1. The smallest absolute Gasteiger partial charge is 0.327 e. The van der Waals surface area contributed by atoms with Gasteiger partial charge in [-0.1, -0.05) is 13.8 Å². The first-order valence-corrected chi connectivity index (χ1v) is 7.65. The van der Waals surface area contributed by atoms with E-state index in [0.29, 0.717) is 18.8 Å². The lowest BCUT2D eigenvalue weighted by Gasteiger charge is -2.36. The lowest BCUT2D eigenvalue weighted by molar-refractivity contribution is -0.141. The largest absolute Gasteiger partial charge is 0.480 e. The molecule has 0 aromatic heterocycles. The number of carboxylic acids is 1. The molecule has 0 saturated carbocycles. The Morgan fingerprint density at radius 2 is 2.15 bits per heavy atom. The molecule has 8 heteroatoms. The number of nitrogens with zero attached hydrogens (tertiary/aromatic N) is 2. The summed E-state index contributed by atoms with van der Waals surface area (Å²) < 4.78 is 0. The summed E-state index contributed by atoms with van der Waals surface area (Å²) >= 11 is 1.49. The molecule has 2 rings (SSSR count). The molecule has 7 nitrogen and oxygen atoms in total. The number of rotatable bonds is 2. The predicted octanol–water partition coefficient (Wildman–Crippen LogP) is 0.0223. The third-order valence-electron chi connectivity index (χ3n) is 3.42. The normalized spacial score (nSPS) is 26.9. The number of amides is 3. The van der Waals surface area contributed by atoms with Crippen molar-refractivity contribution in [3.05, 3.63) is 0 Å². The van der Waals surface area contributed by atoms with Gasteiger partial charge in [0.1, 0.15) is 12.6 Å². The number of piperazine rings is 1. The molecule has 0 aliphatic carbocycles. The van der Waals surface area contributed by atoms with Crippen LogP contribution in [0.25, 0.3) is 0 Å². The van der Waals surface area contributed by atoms with Gasteiger partial charge < -0.3 is 15.3 Å². The standard InChI is InChI=1S/C12H19N3O4S/c1-7(2)10-15(8(6-20-10)11(17)18)12(19)14-4-3-13-9(16)5-14/h7-8,10H,3-6H2,1-2H3,(H,13,16)(H,17,18). The summed E-state index contributed by atoms with van der Waals surface area (Å²) in [6.45, 7) is 4.76. The van der Waals surface area contributed by atoms with Crippen LogP contribution < -0.4 is 5.32 Å². The van der Waals surface area contributed by atoms with Crippen molar-refractivity contribution in [1.29, 1.82) is 0 Å². The third kappa shape index (κ3) is 2.84. The number of urea groups is 1. The third-order valence-corrected chi connectivity index (χ3v) is 5.04. The summed E-state index contributed by atoms with van der Waals surface area (Å²) in [6, 6.07) is -1.17. The fraction of sp³-hybridized carbons (Fsp3) is 0.750. The predicted molar refractivity (Wildman–Crippen MR) is 74.3 cm³/mol. The van der Waals surface area contributed by atoms with Crippen LogP contribution in [0.15, 0.2) is 0 Å². The Hall–Kier alpha value is -1.44. The molecule has 0 aromatic rings. The zero-order chi connectivity index (χ0) is 14.9. The molecule has 0 bridgehead atoms. The minimum absolute atomic E-state index is 0.00282. The van der Waals surface area contributed by atoms with Crippen molar-refractivity contribution in [3.8, 4) is 0 Å². The van der Waals surface area contributed by atoms with Gasteiger partial charge >= 0.3 is 12.0 Å². The molecule has 2 aliphatic rings. The summed E-state index contributed by atoms with van der Waals surface area (Å²) in [4.78, 5) is 38.1. The second kappa shape index (κ2) is 5.90. The van der Waals surface area contributed by atoms with Gasteiger partial charge in [-0.05, 0) is 5.92 Å².